The van der Waals surface area contributed by atoms with Crippen molar-refractivity contribution in [2.24, 2.45) is 0 Å². The maximum atomic E-state index is 5.59. The number of rotatable bonds is 6. The van der Waals surface area contributed by atoms with Gasteiger partial charge in [0.2, 0.25) is 0 Å². The van der Waals surface area contributed by atoms with Crippen molar-refractivity contribution in [1.29, 1.82) is 0 Å². The van der Waals surface area contributed by atoms with Gasteiger partial charge in [-0.25, -0.2) is 0 Å². The predicted molar refractivity (Wildman–Crippen MR) is 60.6 cm³/mol. The molecule has 2 heteroatoms. The fourth-order valence-electron chi connectivity index (χ4n) is 1.91. The molecular formula is C12H25NO. The fourth-order valence-corrected chi connectivity index (χ4v) is 1.91. The summed E-state index contributed by atoms with van der Waals surface area (Å²) in [5, 5.41) is 3.64. The first-order valence-electron chi connectivity index (χ1n) is 6.07. The molecule has 1 aliphatic heterocycles. The summed E-state index contributed by atoms with van der Waals surface area (Å²) in [5.41, 5.74) is 0.332. The van der Waals surface area contributed by atoms with E-state index >= 15 is 0 Å². The molecule has 0 saturated carbocycles. The van der Waals surface area contributed by atoms with Crippen molar-refractivity contribution in [3.8, 4) is 0 Å². The van der Waals surface area contributed by atoms with Gasteiger partial charge in [-0.15, -0.1) is 0 Å². The normalized spacial score (nSPS) is 22.9. The van der Waals surface area contributed by atoms with Crippen molar-refractivity contribution in [3.05, 3.63) is 0 Å². The van der Waals surface area contributed by atoms with Gasteiger partial charge in [-0.1, -0.05) is 13.8 Å². The second-order valence-electron chi connectivity index (χ2n) is 4.62. The van der Waals surface area contributed by atoms with Gasteiger partial charge in [0.15, 0.2) is 0 Å². The Balaban J connectivity index is 2.12. The van der Waals surface area contributed by atoms with Crippen LogP contribution in [0.2, 0.25) is 0 Å². The lowest BCUT2D eigenvalue weighted by atomic mass is 9.95. The van der Waals surface area contributed by atoms with E-state index in [4.69, 9.17) is 4.74 Å². The minimum atomic E-state index is 0.332. The summed E-state index contributed by atoms with van der Waals surface area (Å²) in [6.07, 6.45) is 6.63. The van der Waals surface area contributed by atoms with E-state index in [1.54, 1.807) is 0 Å². The van der Waals surface area contributed by atoms with Crippen LogP contribution >= 0.6 is 0 Å². The van der Waals surface area contributed by atoms with E-state index in [1.165, 1.54) is 32.1 Å². The van der Waals surface area contributed by atoms with Crippen LogP contribution in [-0.4, -0.2) is 24.8 Å². The van der Waals surface area contributed by atoms with Crippen LogP contribution in [-0.2, 0) is 4.74 Å². The number of nitrogens with one attached hydrogen (secondary N) is 1. The topological polar surface area (TPSA) is 21.3 Å². The van der Waals surface area contributed by atoms with Gasteiger partial charge < -0.3 is 10.1 Å². The highest BCUT2D eigenvalue weighted by Gasteiger charge is 2.20. The van der Waals surface area contributed by atoms with Crippen molar-refractivity contribution in [3.63, 3.8) is 0 Å². The Labute approximate surface area is 88.4 Å². The van der Waals surface area contributed by atoms with Crippen molar-refractivity contribution in [2.45, 2.75) is 64.5 Å². The third kappa shape index (κ3) is 3.58. The summed E-state index contributed by atoms with van der Waals surface area (Å²) in [6, 6.07) is 0. The van der Waals surface area contributed by atoms with Gasteiger partial charge in [-0.3, -0.25) is 0 Å². The van der Waals surface area contributed by atoms with E-state index in [0.717, 1.165) is 13.2 Å². The lowest BCUT2D eigenvalue weighted by Crippen LogP contribution is -2.42. The van der Waals surface area contributed by atoms with Crippen LogP contribution in [0.1, 0.15) is 52.9 Å². The SMILES string of the molecule is CCC(C)(CC)NCCC1CCCO1. The molecule has 0 spiro atoms. The van der Waals surface area contributed by atoms with Gasteiger partial charge in [0.25, 0.3) is 0 Å². The molecule has 0 aromatic heterocycles. The summed E-state index contributed by atoms with van der Waals surface area (Å²) in [6.45, 7) is 8.89. The molecule has 2 nitrogen and oxygen atoms in total. The summed E-state index contributed by atoms with van der Waals surface area (Å²) in [7, 11) is 0. The standard InChI is InChI=1S/C12H25NO/c1-4-12(3,5-2)13-9-8-11-7-6-10-14-11/h11,13H,4-10H2,1-3H3. The van der Waals surface area contributed by atoms with Crippen LogP contribution < -0.4 is 5.32 Å². The minimum absolute atomic E-state index is 0.332. The van der Waals surface area contributed by atoms with E-state index in [1.807, 2.05) is 0 Å². The van der Waals surface area contributed by atoms with Gasteiger partial charge >= 0.3 is 0 Å². The molecule has 1 heterocycles. The van der Waals surface area contributed by atoms with Crippen molar-refractivity contribution < 1.29 is 4.74 Å². The molecule has 0 aromatic rings. The molecule has 1 unspecified atom stereocenters. The molecule has 1 N–H and O–H groups in total. The highest BCUT2D eigenvalue weighted by Crippen LogP contribution is 2.17. The third-order valence-electron chi connectivity index (χ3n) is 3.60. The van der Waals surface area contributed by atoms with E-state index in [0.29, 0.717) is 11.6 Å². The van der Waals surface area contributed by atoms with E-state index in [2.05, 4.69) is 26.1 Å². The van der Waals surface area contributed by atoms with Gasteiger partial charge in [-0.2, -0.15) is 0 Å². The lowest BCUT2D eigenvalue weighted by molar-refractivity contribution is 0.101. The molecule has 1 fully saturated rings. The molecule has 1 saturated heterocycles. The van der Waals surface area contributed by atoms with Crippen LogP contribution in [0.3, 0.4) is 0 Å². The quantitative estimate of drug-likeness (QED) is 0.710. The van der Waals surface area contributed by atoms with Crippen LogP contribution in [0.4, 0.5) is 0 Å². The first kappa shape index (κ1) is 12.0. The number of hydrogen-bond acceptors (Lipinski definition) is 2. The Morgan fingerprint density at radius 1 is 1.36 bits per heavy atom. The average molecular weight is 199 g/mol. The van der Waals surface area contributed by atoms with Crippen LogP contribution in [0, 0.1) is 0 Å². The molecule has 0 radical (unpaired) electrons. The first-order valence-corrected chi connectivity index (χ1v) is 6.07. The summed E-state index contributed by atoms with van der Waals surface area (Å²) in [4.78, 5) is 0. The summed E-state index contributed by atoms with van der Waals surface area (Å²) < 4.78 is 5.59. The maximum Gasteiger partial charge on any atom is 0.0588 e. The number of hydrogen-bond donors (Lipinski definition) is 1. The highest BCUT2D eigenvalue weighted by molar-refractivity contribution is 4.80. The zero-order chi connectivity index (χ0) is 10.4. The Bertz CT molecular complexity index is 148. The molecule has 1 atom stereocenters. The molecular weight excluding hydrogens is 174 g/mol. The van der Waals surface area contributed by atoms with Crippen LogP contribution in [0.15, 0.2) is 0 Å². The lowest BCUT2D eigenvalue weighted by Gasteiger charge is -2.28. The molecule has 0 aromatic carbocycles. The Morgan fingerprint density at radius 2 is 2.07 bits per heavy atom. The predicted octanol–water partition coefficient (Wildman–Crippen LogP) is 2.72. The second kappa shape index (κ2) is 5.72. The molecule has 1 rings (SSSR count). The van der Waals surface area contributed by atoms with Crippen molar-refractivity contribution >= 4 is 0 Å². The fraction of sp³-hybridized carbons (Fsp3) is 1.00. The average Bonchev–Trinajstić information content (AvgIpc) is 2.70. The van der Waals surface area contributed by atoms with E-state index in [9.17, 15) is 0 Å². The van der Waals surface area contributed by atoms with Gasteiger partial charge in [0, 0.05) is 12.1 Å². The maximum absolute atomic E-state index is 5.59. The monoisotopic (exact) mass is 199 g/mol. The van der Waals surface area contributed by atoms with Crippen LogP contribution in [0.5, 0.6) is 0 Å². The molecule has 84 valence electrons. The summed E-state index contributed by atoms with van der Waals surface area (Å²) in [5.74, 6) is 0. The van der Waals surface area contributed by atoms with E-state index < -0.39 is 0 Å². The van der Waals surface area contributed by atoms with Gasteiger partial charge in [0.1, 0.15) is 0 Å². The highest BCUT2D eigenvalue weighted by atomic mass is 16.5. The Kier molecular flexibility index (Phi) is 4.90. The minimum Gasteiger partial charge on any atom is -0.378 e. The van der Waals surface area contributed by atoms with E-state index in [-0.39, 0.29) is 0 Å². The van der Waals surface area contributed by atoms with Crippen LogP contribution in [0.25, 0.3) is 0 Å². The smallest absolute Gasteiger partial charge is 0.0588 e. The molecule has 0 aliphatic carbocycles. The third-order valence-corrected chi connectivity index (χ3v) is 3.60. The molecule has 1 aliphatic rings. The Hall–Kier alpha value is -0.0800. The van der Waals surface area contributed by atoms with Gasteiger partial charge in [0.05, 0.1) is 6.10 Å². The Morgan fingerprint density at radius 3 is 2.57 bits per heavy atom. The second-order valence-corrected chi connectivity index (χ2v) is 4.62. The van der Waals surface area contributed by atoms with Crippen molar-refractivity contribution in [1.82, 2.24) is 5.32 Å². The zero-order valence-corrected chi connectivity index (χ0v) is 9.94. The number of ether oxygens (including phenoxy) is 1. The first-order chi connectivity index (χ1) is 6.70. The molecule has 0 bridgehead atoms. The zero-order valence-electron chi connectivity index (χ0n) is 9.94. The largest absolute Gasteiger partial charge is 0.378 e. The molecule has 14 heavy (non-hydrogen) atoms. The van der Waals surface area contributed by atoms with Crippen molar-refractivity contribution in [2.75, 3.05) is 13.2 Å². The van der Waals surface area contributed by atoms with Gasteiger partial charge in [-0.05, 0) is 45.6 Å². The molecule has 0 amide bonds. The summed E-state index contributed by atoms with van der Waals surface area (Å²) >= 11 is 0.